The van der Waals surface area contributed by atoms with Crippen LogP contribution in [0.4, 0.5) is 0 Å². The van der Waals surface area contributed by atoms with E-state index in [0.29, 0.717) is 0 Å². The van der Waals surface area contributed by atoms with Gasteiger partial charge in [-0.15, -0.1) is 5.10 Å². The van der Waals surface area contributed by atoms with Crippen LogP contribution in [0.15, 0.2) is 4.60 Å². The number of rotatable bonds is 3. The Morgan fingerprint density at radius 1 is 1.21 bits per heavy atom. The van der Waals surface area contributed by atoms with Crippen molar-refractivity contribution in [1.82, 2.24) is 19.9 Å². The van der Waals surface area contributed by atoms with Gasteiger partial charge < -0.3 is 5.73 Å². The van der Waals surface area contributed by atoms with Gasteiger partial charge in [0.25, 0.3) is 0 Å². The highest BCUT2D eigenvalue weighted by molar-refractivity contribution is 9.10. The number of halogens is 1. The van der Waals surface area contributed by atoms with Gasteiger partial charge in [-0.2, -0.15) is 0 Å². The van der Waals surface area contributed by atoms with Gasteiger partial charge in [0.05, 0.1) is 11.7 Å². The summed E-state index contributed by atoms with van der Waals surface area (Å²) < 4.78 is 2.53. The summed E-state index contributed by atoms with van der Waals surface area (Å²) in [6.07, 6.45) is 5.19. The molecule has 1 unspecified atom stereocenters. The quantitative estimate of drug-likeness (QED) is 0.923. The van der Waals surface area contributed by atoms with E-state index in [0.717, 1.165) is 23.4 Å². The first-order valence-corrected chi connectivity index (χ1v) is 7.79. The summed E-state index contributed by atoms with van der Waals surface area (Å²) in [6, 6.07) is -0.111. The van der Waals surface area contributed by atoms with Crippen molar-refractivity contribution in [2.45, 2.75) is 51.1 Å². The molecule has 2 heterocycles. The zero-order valence-electron chi connectivity index (χ0n) is 12.1. The van der Waals surface area contributed by atoms with Crippen LogP contribution in [0.3, 0.4) is 0 Å². The second-order valence-corrected chi connectivity index (χ2v) is 6.67. The molecule has 1 aromatic rings. The fourth-order valence-electron chi connectivity index (χ4n) is 2.85. The van der Waals surface area contributed by atoms with Crippen LogP contribution >= 0.6 is 15.9 Å². The normalized spacial score (nSPS) is 20.3. The predicted octanol–water partition coefficient (Wildman–Crippen LogP) is 2.23. The number of hydrogen-bond acceptors (Lipinski definition) is 4. The van der Waals surface area contributed by atoms with E-state index in [1.165, 1.54) is 25.7 Å². The minimum Gasteiger partial charge on any atom is -0.321 e. The average molecular weight is 330 g/mol. The Hall–Kier alpha value is -0.460. The lowest BCUT2D eigenvalue weighted by Gasteiger charge is -2.42. The van der Waals surface area contributed by atoms with Gasteiger partial charge in [0, 0.05) is 12.6 Å². The molecular weight excluding hydrogens is 306 g/mol. The minimum absolute atomic E-state index is 0.0949. The molecule has 1 saturated heterocycles. The van der Waals surface area contributed by atoms with Crippen LogP contribution in [0.25, 0.3) is 0 Å². The van der Waals surface area contributed by atoms with Gasteiger partial charge in [0.15, 0.2) is 4.60 Å². The van der Waals surface area contributed by atoms with Crippen LogP contribution in [0.5, 0.6) is 0 Å². The monoisotopic (exact) mass is 329 g/mol. The summed E-state index contributed by atoms with van der Waals surface area (Å²) in [5, 5.41) is 8.08. The topological polar surface area (TPSA) is 60.0 Å². The molecule has 1 fully saturated rings. The molecule has 0 saturated carbocycles. The second kappa shape index (κ2) is 5.89. The van der Waals surface area contributed by atoms with E-state index in [1.807, 2.05) is 7.05 Å². The molecule has 0 bridgehead atoms. The predicted molar refractivity (Wildman–Crippen MR) is 79.8 cm³/mol. The second-order valence-electron chi connectivity index (χ2n) is 5.92. The molecule has 0 spiro atoms. The van der Waals surface area contributed by atoms with Gasteiger partial charge in [0.2, 0.25) is 0 Å². The van der Waals surface area contributed by atoms with E-state index >= 15 is 0 Å². The van der Waals surface area contributed by atoms with Crippen molar-refractivity contribution in [1.29, 1.82) is 0 Å². The van der Waals surface area contributed by atoms with Crippen molar-refractivity contribution in [2.24, 2.45) is 12.8 Å². The molecule has 0 amide bonds. The summed E-state index contributed by atoms with van der Waals surface area (Å²) in [4.78, 5) is 2.52. The molecule has 2 N–H and O–H groups in total. The SMILES string of the molecule is Cn1nnc(Br)c1C(N)C(C)(C)N1CCCCCC1. The third-order valence-electron chi connectivity index (χ3n) is 4.30. The van der Waals surface area contributed by atoms with Gasteiger partial charge >= 0.3 is 0 Å². The zero-order valence-corrected chi connectivity index (χ0v) is 13.7. The van der Waals surface area contributed by atoms with E-state index < -0.39 is 0 Å². The first kappa shape index (κ1) is 14.9. The summed E-state index contributed by atoms with van der Waals surface area (Å²) in [7, 11) is 1.89. The molecule has 19 heavy (non-hydrogen) atoms. The summed E-state index contributed by atoms with van der Waals surface area (Å²) >= 11 is 3.46. The number of nitrogens with two attached hydrogens (primary N) is 1. The Kier molecular flexibility index (Phi) is 4.63. The van der Waals surface area contributed by atoms with E-state index in [-0.39, 0.29) is 11.6 Å². The Labute approximate surface area is 123 Å². The first-order chi connectivity index (χ1) is 8.94. The van der Waals surface area contributed by atoms with Gasteiger partial charge in [-0.1, -0.05) is 18.1 Å². The third-order valence-corrected chi connectivity index (χ3v) is 4.87. The molecule has 5 nitrogen and oxygen atoms in total. The van der Waals surface area contributed by atoms with Crippen molar-refractivity contribution >= 4 is 15.9 Å². The van der Waals surface area contributed by atoms with Crippen LogP contribution in [0.1, 0.15) is 51.3 Å². The number of aryl methyl sites for hydroxylation is 1. The average Bonchev–Trinajstić information content (AvgIpc) is 2.61. The molecule has 1 atom stereocenters. The first-order valence-electron chi connectivity index (χ1n) is 7.00. The number of nitrogens with zero attached hydrogens (tertiary/aromatic N) is 4. The highest BCUT2D eigenvalue weighted by Gasteiger charge is 2.37. The molecule has 1 aliphatic rings. The Balaban J connectivity index is 2.22. The fraction of sp³-hybridized carbons (Fsp3) is 0.846. The van der Waals surface area contributed by atoms with Crippen molar-refractivity contribution in [3.63, 3.8) is 0 Å². The fourth-order valence-corrected chi connectivity index (χ4v) is 3.42. The summed E-state index contributed by atoms with van der Waals surface area (Å²) in [5.74, 6) is 0. The highest BCUT2D eigenvalue weighted by atomic mass is 79.9. The highest BCUT2D eigenvalue weighted by Crippen LogP contribution is 2.33. The van der Waals surface area contributed by atoms with E-state index in [4.69, 9.17) is 5.73 Å². The van der Waals surface area contributed by atoms with Crippen molar-refractivity contribution in [3.8, 4) is 0 Å². The van der Waals surface area contributed by atoms with Crippen molar-refractivity contribution in [3.05, 3.63) is 10.3 Å². The van der Waals surface area contributed by atoms with Gasteiger partial charge in [0.1, 0.15) is 0 Å². The lowest BCUT2D eigenvalue weighted by atomic mass is 9.90. The van der Waals surface area contributed by atoms with Gasteiger partial charge in [-0.05, 0) is 55.7 Å². The third kappa shape index (κ3) is 3.01. The molecule has 2 rings (SSSR count). The standard InChI is InChI=1S/C13H24BrN5/c1-13(2,19-8-6-4-5-7-9-19)11(15)10-12(14)16-17-18(10)3/h11H,4-9,15H2,1-3H3. The molecule has 108 valence electrons. The maximum absolute atomic E-state index is 6.53. The summed E-state index contributed by atoms with van der Waals surface area (Å²) in [6.45, 7) is 6.71. The van der Waals surface area contributed by atoms with E-state index in [2.05, 4.69) is 45.0 Å². The number of aromatic nitrogens is 3. The van der Waals surface area contributed by atoms with Crippen LogP contribution in [0, 0.1) is 0 Å². The van der Waals surface area contributed by atoms with Crippen LogP contribution in [0.2, 0.25) is 0 Å². The lowest BCUT2D eigenvalue weighted by Crippen LogP contribution is -2.52. The minimum atomic E-state index is -0.111. The summed E-state index contributed by atoms with van der Waals surface area (Å²) in [5.41, 5.74) is 7.40. The van der Waals surface area contributed by atoms with E-state index in [9.17, 15) is 0 Å². The van der Waals surface area contributed by atoms with Crippen LogP contribution in [-0.4, -0.2) is 38.5 Å². The Morgan fingerprint density at radius 3 is 2.26 bits per heavy atom. The van der Waals surface area contributed by atoms with Crippen LogP contribution < -0.4 is 5.73 Å². The van der Waals surface area contributed by atoms with Gasteiger partial charge in [-0.25, -0.2) is 4.68 Å². The molecule has 0 aliphatic carbocycles. The van der Waals surface area contributed by atoms with E-state index in [1.54, 1.807) is 4.68 Å². The number of hydrogen-bond donors (Lipinski definition) is 1. The molecule has 0 aromatic carbocycles. The molecular formula is C13H24BrN5. The Morgan fingerprint density at radius 2 is 1.79 bits per heavy atom. The maximum Gasteiger partial charge on any atom is 0.153 e. The van der Waals surface area contributed by atoms with Gasteiger partial charge in [-0.3, -0.25) is 4.90 Å². The zero-order chi connectivity index (χ0) is 14.0. The molecule has 6 heteroatoms. The molecule has 1 aliphatic heterocycles. The Bertz CT molecular complexity index is 401. The maximum atomic E-state index is 6.53. The largest absolute Gasteiger partial charge is 0.321 e. The lowest BCUT2D eigenvalue weighted by molar-refractivity contribution is 0.0950. The molecule has 0 radical (unpaired) electrons. The smallest absolute Gasteiger partial charge is 0.153 e. The molecule has 1 aromatic heterocycles. The van der Waals surface area contributed by atoms with Crippen molar-refractivity contribution in [2.75, 3.05) is 13.1 Å². The van der Waals surface area contributed by atoms with Crippen LogP contribution in [-0.2, 0) is 7.05 Å². The number of likely N-dealkylation sites (tertiary alicyclic amines) is 1. The van der Waals surface area contributed by atoms with Crippen molar-refractivity contribution < 1.29 is 0 Å².